The number of amides is 1. The second-order valence-electron chi connectivity index (χ2n) is 7.47. The fraction of sp³-hybridized carbons (Fsp3) is 0.238. The van der Waals surface area contributed by atoms with E-state index in [4.69, 9.17) is 8.94 Å². The Morgan fingerprint density at radius 1 is 1.19 bits per heavy atom. The molecule has 1 saturated heterocycles. The van der Waals surface area contributed by atoms with Crippen LogP contribution in [0.1, 0.15) is 29.3 Å². The van der Waals surface area contributed by atoms with Gasteiger partial charge >= 0.3 is 6.18 Å². The molecule has 1 aliphatic heterocycles. The van der Waals surface area contributed by atoms with Crippen LogP contribution in [-0.2, 0) is 17.5 Å². The van der Waals surface area contributed by atoms with E-state index in [9.17, 15) is 18.0 Å². The summed E-state index contributed by atoms with van der Waals surface area (Å²) in [6.07, 6.45) is -2.65. The first kappa shape index (κ1) is 20.0. The van der Waals surface area contributed by atoms with Crippen molar-refractivity contribution in [3.63, 3.8) is 0 Å². The summed E-state index contributed by atoms with van der Waals surface area (Å²) >= 11 is 0. The summed E-state index contributed by atoms with van der Waals surface area (Å²) in [6.45, 7) is 0.560. The van der Waals surface area contributed by atoms with Gasteiger partial charge in [-0.3, -0.25) is 9.89 Å². The molecule has 1 atom stereocenters. The minimum Gasteiger partial charge on any atom is -0.463 e. The lowest BCUT2D eigenvalue weighted by Crippen LogP contribution is -2.24. The van der Waals surface area contributed by atoms with Crippen molar-refractivity contribution in [2.75, 3.05) is 6.54 Å². The van der Waals surface area contributed by atoms with Crippen LogP contribution in [0.15, 0.2) is 57.7 Å². The maximum atomic E-state index is 12.7. The molecule has 3 aromatic heterocycles. The molecule has 4 heterocycles. The maximum absolute atomic E-state index is 12.7. The average Bonchev–Trinajstić information content (AvgIpc) is 3.54. The lowest BCUT2D eigenvalue weighted by atomic mass is 10.1. The van der Waals surface area contributed by atoms with E-state index in [-0.39, 0.29) is 30.7 Å². The van der Waals surface area contributed by atoms with Crippen LogP contribution in [0.2, 0.25) is 0 Å². The third-order valence-corrected chi connectivity index (χ3v) is 5.26. The van der Waals surface area contributed by atoms with E-state index < -0.39 is 11.7 Å². The zero-order valence-electron chi connectivity index (χ0n) is 16.5. The third-order valence-electron chi connectivity index (χ3n) is 5.26. The molecule has 1 unspecified atom stereocenters. The summed E-state index contributed by atoms with van der Waals surface area (Å²) in [7, 11) is 0. The van der Waals surface area contributed by atoms with Gasteiger partial charge in [0, 0.05) is 31.5 Å². The highest BCUT2D eigenvalue weighted by Crippen LogP contribution is 2.31. The van der Waals surface area contributed by atoms with Gasteiger partial charge < -0.3 is 13.8 Å². The molecule has 1 amide bonds. The standard InChI is InChI=1S/C21H16F3N5O3/c22-21(23,24)14-5-3-12(4-6-14)10-29-11-13(8-18(29)30)19-25-20(32-28-19)16-9-15(26-27-16)17-2-1-7-31-17/h1-7,9,13H,8,10-11H2,(H,26,27). The Kier molecular flexibility index (Phi) is 4.80. The van der Waals surface area contributed by atoms with Gasteiger partial charge in [-0.25, -0.2) is 0 Å². The van der Waals surface area contributed by atoms with Crippen molar-refractivity contribution in [3.05, 3.63) is 65.7 Å². The van der Waals surface area contributed by atoms with Gasteiger partial charge in [0.2, 0.25) is 5.91 Å². The Morgan fingerprint density at radius 2 is 2.00 bits per heavy atom. The summed E-state index contributed by atoms with van der Waals surface area (Å²) in [5.41, 5.74) is 0.994. The van der Waals surface area contributed by atoms with Gasteiger partial charge in [0.05, 0.1) is 11.8 Å². The SMILES string of the molecule is O=C1CC(c2noc(-c3cc(-c4ccco4)n[nH]3)n2)CN1Cc1ccc(C(F)(F)F)cc1. The first-order chi connectivity index (χ1) is 15.4. The van der Waals surface area contributed by atoms with E-state index in [0.717, 1.165) is 12.1 Å². The number of nitrogens with one attached hydrogen (secondary N) is 1. The van der Waals surface area contributed by atoms with Gasteiger partial charge in [-0.05, 0) is 29.8 Å². The van der Waals surface area contributed by atoms with Crippen molar-refractivity contribution in [1.82, 2.24) is 25.2 Å². The number of H-pyrrole nitrogens is 1. The summed E-state index contributed by atoms with van der Waals surface area (Å²) in [5, 5.41) is 11.0. The number of halogens is 3. The van der Waals surface area contributed by atoms with E-state index in [1.165, 1.54) is 12.1 Å². The second kappa shape index (κ2) is 7.66. The summed E-state index contributed by atoms with van der Waals surface area (Å²) in [4.78, 5) is 18.4. The van der Waals surface area contributed by atoms with Gasteiger partial charge in [-0.1, -0.05) is 17.3 Å². The minimum absolute atomic E-state index is 0.122. The number of furan rings is 1. The van der Waals surface area contributed by atoms with Gasteiger partial charge in [-0.2, -0.15) is 23.3 Å². The Labute approximate surface area is 179 Å². The van der Waals surface area contributed by atoms with Gasteiger partial charge in [-0.15, -0.1) is 0 Å². The van der Waals surface area contributed by atoms with E-state index in [1.807, 2.05) is 0 Å². The number of rotatable bonds is 5. The molecule has 11 heteroatoms. The number of hydrogen-bond acceptors (Lipinski definition) is 6. The molecule has 0 aliphatic carbocycles. The number of aromatic nitrogens is 4. The fourth-order valence-electron chi connectivity index (χ4n) is 3.61. The van der Waals surface area contributed by atoms with Crippen LogP contribution in [0, 0.1) is 0 Å². The summed E-state index contributed by atoms with van der Waals surface area (Å²) in [6, 6.07) is 10.0. The number of likely N-dealkylation sites (tertiary alicyclic amines) is 1. The van der Waals surface area contributed by atoms with Crippen LogP contribution in [0.4, 0.5) is 13.2 Å². The van der Waals surface area contributed by atoms with Crippen molar-refractivity contribution < 1.29 is 26.9 Å². The summed E-state index contributed by atoms with van der Waals surface area (Å²) < 4.78 is 48.8. The van der Waals surface area contributed by atoms with E-state index in [1.54, 1.807) is 29.4 Å². The normalized spacial score (nSPS) is 16.8. The van der Waals surface area contributed by atoms with Gasteiger partial charge in [0.1, 0.15) is 11.4 Å². The van der Waals surface area contributed by atoms with Crippen LogP contribution < -0.4 is 0 Å². The first-order valence-electron chi connectivity index (χ1n) is 9.74. The molecule has 1 N–H and O–H groups in total. The highest BCUT2D eigenvalue weighted by atomic mass is 19.4. The number of benzene rings is 1. The van der Waals surface area contributed by atoms with E-state index in [2.05, 4.69) is 20.3 Å². The molecule has 5 rings (SSSR count). The fourth-order valence-corrected chi connectivity index (χ4v) is 3.61. The molecular formula is C21H16F3N5O3. The molecule has 32 heavy (non-hydrogen) atoms. The first-order valence-corrected chi connectivity index (χ1v) is 9.74. The predicted molar refractivity (Wildman–Crippen MR) is 104 cm³/mol. The number of carbonyl (C=O) groups excluding carboxylic acids is 1. The number of nitrogens with zero attached hydrogens (tertiary/aromatic N) is 4. The van der Waals surface area contributed by atoms with E-state index in [0.29, 0.717) is 35.1 Å². The Hall–Kier alpha value is -3.89. The van der Waals surface area contributed by atoms with Crippen LogP contribution in [0.3, 0.4) is 0 Å². The van der Waals surface area contributed by atoms with Gasteiger partial charge in [0.15, 0.2) is 11.6 Å². The van der Waals surface area contributed by atoms with Crippen molar-refractivity contribution in [3.8, 4) is 23.0 Å². The topological polar surface area (TPSA) is 101 Å². The second-order valence-corrected chi connectivity index (χ2v) is 7.47. The Bertz CT molecular complexity index is 1230. The zero-order chi connectivity index (χ0) is 22.3. The third kappa shape index (κ3) is 3.88. The molecule has 1 aliphatic rings. The lowest BCUT2D eigenvalue weighted by Gasteiger charge is -2.16. The molecule has 0 bridgehead atoms. The van der Waals surface area contributed by atoms with Crippen LogP contribution in [0.5, 0.6) is 0 Å². The van der Waals surface area contributed by atoms with Crippen molar-refractivity contribution in [2.24, 2.45) is 0 Å². The zero-order valence-corrected chi connectivity index (χ0v) is 16.5. The van der Waals surface area contributed by atoms with Crippen molar-refractivity contribution in [1.29, 1.82) is 0 Å². The molecule has 164 valence electrons. The average molecular weight is 443 g/mol. The minimum atomic E-state index is -4.39. The maximum Gasteiger partial charge on any atom is 0.416 e. The van der Waals surface area contributed by atoms with E-state index >= 15 is 0 Å². The molecule has 0 radical (unpaired) electrons. The quantitative estimate of drug-likeness (QED) is 0.495. The number of alkyl halides is 3. The van der Waals surface area contributed by atoms with Crippen molar-refractivity contribution >= 4 is 5.91 Å². The molecule has 0 spiro atoms. The predicted octanol–water partition coefficient (Wildman–Crippen LogP) is 4.25. The van der Waals surface area contributed by atoms with Crippen molar-refractivity contribution in [2.45, 2.75) is 25.1 Å². The molecule has 0 saturated carbocycles. The molecule has 8 nitrogen and oxygen atoms in total. The largest absolute Gasteiger partial charge is 0.463 e. The van der Waals surface area contributed by atoms with Crippen LogP contribution in [0.25, 0.3) is 23.0 Å². The highest BCUT2D eigenvalue weighted by Gasteiger charge is 2.34. The lowest BCUT2D eigenvalue weighted by molar-refractivity contribution is -0.137. The molecule has 4 aromatic rings. The van der Waals surface area contributed by atoms with Crippen LogP contribution in [-0.4, -0.2) is 37.7 Å². The Balaban J connectivity index is 1.26. The smallest absolute Gasteiger partial charge is 0.416 e. The van der Waals surface area contributed by atoms with Gasteiger partial charge in [0.25, 0.3) is 5.89 Å². The monoisotopic (exact) mass is 443 g/mol. The van der Waals surface area contributed by atoms with Crippen LogP contribution >= 0.6 is 0 Å². The number of hydrogen-bond donors (Lipinski definition) is 1. The molecule has 1 fully saturated rings. The number of aromatic amines is 1. The molecular weight excluding hydrogens is 427 g/mol. The highest BCUT2D eigenvalue weighted by molar-refractivity contribution is 5.79. The number of carbonyl (C=O) groups is 1. The molecule has 1 aromatic carbocycles. The summed E-state index contributed by atoms with van der Waals surface area (Å²) in [5.74, 6) is 0.814. The Morgan fingerprint density at radius 3 is 2.72 bits per heavy atom.